The SMILES string of the molecule is C=C[SiH](NC)C(C)(C)C. The van der Waals surface area contributed by atoms with Crippen LogP contribution in [0.1, 0.15) is 20.8 Å². The molecule has 0 aromatic rings. The molecule has 1 unspecified atom stereocenters. The molecule has 0 spiro atoms. The molecule has 54 valence electrons. The van der Waals surface area contributed by atoms with Gasteiger partial charge in [0.05, 0.1) is 0 Å². The molecule has 0 aromatic carbocycles. The summed E-state index contributed by atoms with van der Waals surface area (Å²) in [6, 6.07) is 0. The lowest BCUT2D eigenvalue weighted by atomic mass is 10.3. The van der Waals surface area contributed by atoms with E-state index in [0.717, 1.165) is 0 Å². The minimum absolute atomic E-state index is 0.427. The first-order valence-corrected chi connectivity index (χ1v) is 5.14. The molecule has 0 aliphatic heterocycles. The summed E-state index contributed by atoms with van der Waals surface area (Å²) >= 11 is 0. The van der Waals surface area contributed by atoms with Crippen LogP contribution in [0, 0.1) is 0 Å². The Morgan fingerprint density at radius 1 is 1.44 bits per heavy atom. The van der Waals surface area contributed by atoms with E-state index in [1.54, 1.807) is 0 Å². The first kappa shape index (κ1) is 8.92. The molecule has 0 rings (SSSR count). The van der Waals surface area contributed by atoms with Crippen molar-refractivity contribution in [3.63, 3.8) is 0 Å². The number of hydrogen-bond donors (Lipinski definition) is 1. The van der Waals surface area contributed by atoms with Crippen LogP contribution in [-0.4, -0.2) is 16.0 Å². The molecular formula is C7H17NSi. The molecule has 0 aliphatic rings. The smallest absolute Gasteiger partial charge is 0.138 e. The van der Waals surface area contributed by atoms with E-state index in [-0.39, 0.29) is 0 Å². The first-order chi connectivity index (χ1) is 4.02. The molecule has 0 saturated heterocycles. The summed E-state index contributed by atoms with van der Waals surface area (Å²) in [5, 5.41) is 0.427. The van der Waals surface area contributed by atoms with Crippen LogP contribution in [0.3, 0.4) is 0 Å². The minimum Gasteiger partial charge on any atom is -0.339 e. The molecule has 0 fully saturated rings. The lowest BCUT2D eigenvalue weighted by molar-refractivity contribution is 0.728. The third-order valence-corrected chi connectivity index (χ3v) is 4.44. The van der Waals surface area contributed by atoms with Gasteiger partial charge in [-0.05, 0) is 12.1 Å². The Labute approximate surface area is 59.8 Å². The predicted molar refractivity (Wildman–Crippen MR) is 46.1 cm³/mol. The third kappa shape index (κ3) is 2.82. The van der Waals surface area contributed by atoms with E-state index in [1.807, 2.05) is 7.05 Å². The summed E-state index contributed by atoms with van der Waals surface area (Å²) in [4.78, 5) is 3.31. The van der Waals surface area contributed by atoms with E-state index >= 15 is 0 Å². The topological polar surface area (TPSA) is 12.0 Å². The molecule has 0 heterocycles. The average Bonchev–Trinajstić information content (AvgIpc) is 1.65. The third-order valence-electron chi connectivity index (χ3n) is 1.48. The van der Waals surface area contributed by atoms with Gasteiger partial charge in [-0.2, -0.15) is 0 Å². The van der Waals surface area contributed by atoms with Gasteiger partial charge >= 0.3 is 0 Å². The van der Waals surface area contributed by atoms with Crippen molar-refractivity contribution >= 4 is 8.96 Å². The molecule has 2 heteroatoms. The van der Waals surface area contributed by atoms with Gasteiger partial charge in [0, 0.05) is 0 Å². The van der Waals surface area contributed by atoms with Crippen LogP contribution in [0.4, 0.5) is 0 Å². The summed E-state index contributed by atoms with van der Waals surface area (Å²) in [7, 11) is 1.15. The highest BCUT2D eigenvalue weighted by molar-refractivity contribution is 6.64. The highest BCUT2D eigenvalue weighted by atomic mass is 28.3. The molecule has 9 heavy (non-hydrogen) atoms. The average molecular weight is 143 g/mol. The standard InChI is InChI=1S/C7H17NSi/c1-6-9(8-5)7(2,3)4/h6,8-9H,1H2,2-5H3. The Morgan fingerprint density at radius 3 is 1.89 bits per heavy atom. The number of rotatable bonds is 2. The molecule has 0 radical (unpaired) electrons. The highest BCUT2D eigenvalue weighted by Crippen LogP contribution is 2.24. The van der Waals surface area contributed by atoms with E-state index in [4.69, 9.17) is 0 Å². The Balaban J connectivity index is 3.94. The summed E-state index contributed by atoms with van der Waals surface area (Å²) in [5.74, 6) is 0. The fourth-order valence-corrected chi connectivity index (χ4v) is 2.71. The second-order valence-electron chi connectivity index (χ2n) is 3.37. The van der Waals surface area contributed by atoms with Gasteiger partial charge in [0.2, 0.25) is 0 Å². The van der Waals surface area contributed by atoms with Crippen LogP contribution < -0.4 is 4.98 Å². The molecule has 1 N–H and O–H groups in total. The van der Waals surface area contributed by atoms with E-state index in [1.165, 1.54) is 0 Å². The van der Waals surface area contributed by atoms with E-state index in [2.05, 4.69) is 38.0 Å². The lowest BCUT2D eigenvalue weighted by Crippen LogP contribution is -2.37. The molecule has 0 amide bonds. The molecule has 0 saturated carbocycles. The van der Waals surface area contributed by atoms with E-state index in [9.17, 15) is 0 Å². The molecule has 1 atom stereocenters. The largest absolute Gasteiger partial charge is 0.339 e. The van der Waals surface area contributed by atoms with Crippen LogP contribution >= 0.6 is 0 Å². The zero-order valence-corrected chi connectivity index (χ0v) is 8.02. The summed E-state index contributed by atoms with van der Waals surface area (Å²) < 4.78 is 0. The van der Waals surface area contributed by atoms with Gasteiger partial charge in [0.15, 0.2) is 0 Å². The number of nitrogens with one attached hydrogen (secondary N) is 1. The minimum atomic E-state index is -0.867. The van der Waals surface area contributed by atoms with Gasteiger partial charge in [-0.1, -0.05) is 26.5 Å². The van der Waals surface area contributed by atoms with Gasteiger partial charge < -0.3 is 4.98 Å². The first-order valence-electron chi connectivity index (χ1n) is 3.32. The summed E-state index contributed by atoms with van der Waals surface area (Å²) in [6.45, 7) is 10.6. The Kier molecular flexibility index (Phi) is 3.15. The molecular weight excluding hydrogens is 126 g/mol. The quantitative estimate of drug-likeness (QED) is 0.577. The van der Waals surface area contributed by atoms with Gasteiger partial charge in [-0.3, -0.25) is 0 Å². The zero-order valence-electron chi connectivity index (χ0n) is 6.86. The van der Waals surface area contributed by atoms with Gasteiger partial charge in [0.1, 0.15) is 8.96 Å². The second kappa shape index (κ2) is 3.18. The fraction of sp³-hybridized carbons (Fsp3) is 0.714. The maximum atomic E-state index is 3.80. The number of hydrogen-bond acceptors (Lipinski definition) is 1. The van der Waals surface area contributed by atoms with Gasteiger partial charge in [-0.15, -0.1) is 6.58 Å². The molecule has 0 aromatic heterocycles. The molecule has 1 nitrogen and oxygen atoms in total. The predicted octanol–water partition coefficient (Wildman–Crippen LogP) is 1.45. The van der Waals surface area contributed by atoms with Gasteiger partial charge in [0.25, 0.3) is 0 Å². The van der Waals surface area contributed by atoms with Crippen molar-refractivity contribution < 1.29 is 0 Å². The van der Waals surface area contributed by atoms with Crippen LogP contribution in [0.2, 0.25) is 5.04 Å². The van der Waals surface area contributed by atoms with Gasteiger partial charge in [-0.25, -0.2) is 0 Å². The second-order valence-corrected chi connectivity index (χ2v) is 7.10. The lowest BCUT2D eigenvalue weighted by Gasteiger charge is -2.25. The van der Waals surface area contributed by atoms with Crippen molar-refractivity contribution in [1.82, 2.24) is 4.98 Å². The van der Waals surface area contributed by atoms with Crippen molar-refractivity contribution in [1.29, 1.82) is 0 Å². The van der Waals surface area contributed by atoms with Crippen molar-refractivity contribution in [2.75, 3.05) is 7.05 Å². The summed E-state index contributed by atoms with van der Waals surface area (Å²) in [5.41, 5.74) is 2.08. The van der Waals surface area contributed by atoms with Crippen molar-refractivity contribution in [3.05, 3.63) is 12.3 Å². The van der Waals surface area contributed by atoms with Crippen LogP contribution in [-0.2, 0) is 0 Å². The maximum Gasteiger partial charge on any atom is 0.138 e. The Morgan fingerprint density at radius 2 is 1.89 bits per heavy atom. The van der Waals surface area contributed by atoms with Crippen LogP contribution in [0.25, 0.3) is 0 Å². The highest BCUT2D eigenvalue weighted by Gasteiger charge is 2.21. The Hall–Kier alpha value is -0.0831. The monoisotopic (exact) mass is 143 g/mol. The van der Waals surface area contributed by atoms with Crippen molar-refractivity contribution in [2.45, 2.75) is 25.8 Å². The summed E-state index contributed by atoms with van der Waals surface area (Å²) in [6.07, 6.45) is 0. The van der Waals surface area contributed by atoms with Crippen LogP contribution in [0.15, 0.2) is 12.3 Å². The zero-order chi connectivity index (χ0) is 7.49. The van der Waals surface area contributed by atoms with Crippen molar-refractivity contribution in [3.8, 4) is 0 Å². The van der Waals surface area contributed by atoms with Crippen LogP contribution in [0.5, 0.6) is 0 Å². The fourth-order valence-electron chi connectivity index (χ4n) is 0.904. The molecule has 0 bridgehead atoms. The van der Waals surface area contributed by atoms with E-state index < -0.39 is 8.96 Å². The van der Waals surface area contributed by atoms with E-state index in [0.29, 0.717) is 5.04 Å². The van der Waals surface area contributed by atoms with Crippen molar-refractivity contribution in [2.24, 2.45) is 0 Å². The normalized spacial score (nSPS) is 15.1. The Bertz CT molecular complexity index is 93.6. The molecule has 0 aliphatic carbocycles. The maximum absolute atomic E-state index is 3.80.